The molecular weight excluding hydrogens is 236 g/mol. The van der Waals surface area contributed by atoms with Crippen LogP contribution >= 0.6 is 11.8 Å². The molecule has 0 saturated carbocycles. The van der Waals surface area contributed by atoms with E-state index in [-0.39, 0.29) is 10.6 Å². The van der Waals surface area contributed by atoms with Crippen LogP contribution in [0.5, 0.6) is 0 Å². The van der Waals surface area contributed by atoms with Crippen LogP contribution in [-0.4, -0.2) is 41.0 Å². The zero-order chi connectivity index (χ0) is 12.1. The van der Waals surface area contributed by atoms with Crippen LogP contribution in [0.3, 0.4) is 0 Å². The van der Waals surface area contributed by atoms with Crippen LogP contribution in [0.1, 0.15) is 5.56 Å². The summed E-state index contributed by atoms with van der Waals surface area (Å²) in [6.07, 6.45) is 0.975. The quantitative estimate of drug-likeness (QED) is 0.608. The van der Waals surface area contributed by atoms with Gasteiger partial charge in [0.2, 0.25) is 0 Å². The predicted octanol–water partition coefficient (Wildman–Crippen LogP) is 2.19. The van der Waals surface area contributed by atoms with E-state index in [9.17, 15) is 10.1 Å². The van der Waals surface area contributed by atoms with E-state index in [4.69, 9.17) is 0 Å². The van der Waals surface area contributed by atoms with Crippen molar-refractivity contribution in [3.8, 4) is 0 Å². The molecule has 0 bridgehead atoms. The molecular formula is C12H16N2O2S. The summed E-state index contributed by atoms with van der Waals surface area (Å²) < 4.78 is 0. The second kappa shape index (κ2) is 6.02. The Morgan fingerprint density at radius 2 is 1.88 bits per heavy atom. The zero-order valence-corrected chi connectivity index (χ0v) is 10.5. The normalized spacial score (nSPS) is 16.9. The van der Waals surface area contributed by atoms with Gasteiger partial charge >= 0.3 is 0 Å². The average Bonchev–Trinajstić information content (AvgIpc) is 2.38. The lowest BCUT2D eigenvalue weighted by atomic mass is 10.1. The number of nitrogens with zero attached hydrogens (tertiary/aromatic N) is 2. The third kappa shape index (κ3) is 3.71. The number of hydrogen-bond acceptors (Lipinski definition) is 4. The molecule has 17 heavy (non-hydrogen) atoms. The molecule has 0 radical (unpaired) electrons. The van der Waals surface area contributed by atoms with E-state index in [2.05, 4.69) is 4.90 Å². The molecule has 0 unspecified atom stereocenters. The van der Waals surface area contributed by atoms with Crippen molar-refractivity contribution in [1.29, 1.82) is 0 Å². The second-order valence-corrected chi connectivity index (χ2v) is 5.35. The highest BCUT2D eigenvalue weighted by atomic mass is 32.2. The van der Waals surface area contributed by atoms with E-state index in [0.29, 0.717) is 0 Å². The van der Waals surface area contributed by atoms with Gasteiger partial charge in [0, 0.05) is 43.3 Å². The van der Waals surface area contributed by atoms with Crippen LogP contribution in [-0.2, 0) is 6.42 Å². The van der Waals surface area contributed by atoms with Crippen LogP contribution in [0.25, 0.3) is 0 Å². The second-order valence-electron chi connectivity index (χ2n) is 4.13. The van der Waals surface area contributed by atoms with Gasteiger partial charge in [0.15, 0.2) is 0 Å². The van der Waals surface area contributed by atoms with Gasteiger partial charge in [-0.05, 0) is 12.0 Å². The summed E-state index contributed by atoms with van der Waals surface area (Å²) in [6.45, 7) is 3.38. The van der Waals surface area contributed by atoms with E-state index in [0.717, 1.165) is 26.1 Å². The Hall–Kier alpha value is -1.07. The van der Waals surface area contributed by atoms with Crippen molar-refractivity contribution < 1.29 is 4.92 Å². The number of benzene rings is 1. The molecule has 1 saturated heterocycles. The topological polar surface area (TPSA) is 46.4 Å². The van der Waals surface area contributed by atoms with Crippen LogP contribution < -0.4 is 0 Å². The molecule has 2 rings (SSSR count). The molecule has 1 heterocycles. The lowest BCUT2D eigenvalue weighted by Crippen LogP contribution is -2.34. The Labute approximate surface area is 105 Å². The fraction of sp³-hybridized carbons (Fsp3) is 0.500. The first-order chi connectivity index (χ1) is 8.25. The fourth-order valence-corrected chi connectivity index (χ4v) is 2.88. The summed E-state index contributed by atoms with van der Waals surface area (Å²) in [7, 11) is 0. The first kappa shape index (κ1) is 12.4. The Morgan fingerprint density at radius 1 is 1.24 bits per heavy atom. The van der Waals surface area contributed by atoms with E-state index in [1.807, 2.05) is 23.9 Å². The van der Waals surface area contributed by atoms with Crippen LogP contribution in [0.2, 0.25) is 0 Å². The molecule has 1 aliphatic rings. The lowest BCUT2D eigenvalue weighted by molar-refractivity contribution is -0.384. The molecule has 0 amide bonds. The molecule has 0 aromatic heterocycles. The number of non-ortho nitro benzene ring substituents is 1. The highest BCUT2D eigenvalue weighted by molar-refractivity contribution is 7.99. The average molecular weight is 252 g/mol. The number of rotatable bonds is 4. The summed E-state index contributed by atoms with van der Waals surface area (Å²) in [4.78, 5) is 12.6. The van der Waals surface area contributed by atoms with Crippen molar-refractivity contribution >= 4 is 17.4 Å². The molecule has 5 heteroatoms. The van der Waals surface area contributed by atoms with Crippen molar-refractivity contribution in [3.05, 3.63) is 39.9 Å². The van der Waals surface area contributed by atoms with Crippen molar-refractivity contribution in [2.24, 2.45) is 0 Å². The Balaban J connectivity index is 1.84. The molecule has 92 valence electrons. The van der Waals surface area contributed by atoms with E-state index in [1.54, 1.807) is 12.1 Å². The largest absolute Gasteiger partial charge is 0.301 e. The van der Waals surface area contributed by atoms with Gasteiger partial charge in [-0.1, -0.05) is 12.1 Å². The number of nitro groups is 1. The lowest BCUT2D eigenvalue weighted by Gasteiger charge is -2.25. The van der Waals surface area contributed by atoms with E-state index < -0.39 is 0 Å². The molecule has 0 atom stereocenters. The zero-order valence-electron chi connectivity index (χ0n) is 9.67. The Bertz CT molecular complexity index is 375. The molecule has 1 aromatic carbocycles. The smallest absolute Gasteiger partial charge is 0.269 e. The molecule has 0 N–H and O–H groups in total. The number of hydrogen-bond donors (Lipinski definition) is 0. The van der Waals surface area contributed by atoms with Crippen LogP contribution in [0, 0.1) is 10.1 Å². The summed E-state index contributed by atoms with van der Waals surface area (Å²) in [5.41, 5.74) is 1.34. The van der Waals surface area contributed by atoms with Gasteiger partial charge in [0.05, 0.1) is 4.92 Å². The minimum Gasteiger partial charge on any atom is -0.301 e. The van der Waals surface area contributed by atoms with Crippen molar-refractivity contribution in [2.75, 3.05) is 31.1 Å². The summed E-state index contributed by atoms with van der Waals surface area (Å²) in [5, 5.41) is 10.5. The van der Waals surface area contributed by atoms with Crippen molar-refractivity contribution in [2.45, 2.75) is 6.42 Å². The highest BCUT2D eigenvalue weighted by Gasteiger charge is 2.10. The minimum atomic E-state index is -0.356. The summed E-state index contributed by atoms with van der Waals surface area (Å²) in [5.74, 6) is 2.44. The van der Waals surface area contributed by atoms with Gasteiger partial charge in [0.25, 0.3) is 5.69 Å². The molecule has 0 aliphatic carbocycles. The number of thioether (sulfide) groups is 1. The highest BCUT2D eigenvalue weighted by Crippen LogP contribution is 2.14. The Kier molecular flexibility index (Phi) is 4.39. The first-order valence-electron chi connectivity index (χ1n) is 5.79. The predicted molar refractivity (Wildman–Crippen MR) is 70.6 cm³/mol. The van der Waals surface area contributed by atoms with Gasteiger partial charge in [-0.2, -0.15) is 11.8 Å². The SMILES string of the molecule is O=[N+]([O-])c1ccc(CCN2CCSCC2)cc1. The van der Waals surface area contributed by atoms with Crippen molar-refractivity contribution in [1.82, 2.24) is 4.90 Å². The van der Waals surface area contributed by atoms with Gasteiger partial charge in [-0.3, -0.25) is 10.1 Å². The van der Waals surface area contributed by atoms with Crippen LogP contribution in [0.4, 0.5) is 5.69 Å². The third-order valence-electron chi connectivity index (χ3n) is 2.97. The first-order valence-corrected chi connectivity index (χ1v) is 6.94. The maximum absolute atomic E-state index is 10.5. The van der Waals surface area contributed by atoms with Crippen LogP contribution in [0.15, 0.2) is 24.3 Å². The summed E-state index contributed by atoms with van der Waals surface area (Å²) >= 11 is 2.01. The van der Waals surface area contributed by atoms with E-state index >= 15 is 0 Å². The van der Waals surface area contributed by atoms with Gasteiger partial charge < -0.3 is 4.90 Å². The minimum absolute atomic E-state index is 0.170. The standard InChI is InChI=1S/C12H16N2O2S/c15-14(16)12-3-1-11(2-4-12)5-6-13-7-9-17-10-8-13/h1-4H,5-10H2. The van der Waals surface area contributed by atoms with Gasteiger partial charge in [-0.25, -0.2) is 0 Å². The molecule has 1 aromatic rings. The maximum Gasteiger partial charge on any atom is 0.269 e. The van der Waals surface area contributed by atoms with E-state index in [1.165, 1.54) is 17.1 Å². The maximum atomic E-state index is 10.5. The summed E-state index contributed by atoms with van der Waals surface area (Å²) in [6, 6.07) is 6.89. The molecule has 0 spiro atoms. The van der Waals surface area contributed by atoms with Crippen molar-refractivity contribution in [3.63, 3.8) is 0 Å². The fourth-order valence-electron chi connectivity index (χ4n) is 1.90. The van der Waals surface area contributed by atoms with Gasteiger partial charge in [-0.15, -0.1) is 0 Å². The monoisotopic (exact) mass is 252 g/mol. The Morgan fingerprint density at radius 3 is 2.47 bits per heavy atom. The number of nitro benzene ring substituents is 1. The third-order valence-corrected chi connectivity index (χ3v) is 3.91. The molecule has 1 aliphatic heterocycles. The molecule has 4 nitrogen and oxygen atoms in total. The van der Waals surface area contributed by atoms with Gasteiger partial charge in [0.1, 0.15) is 0 Å². The molecule has 1 fully saturated rings.